The normalized spacial score (nSPS) is 18.9. The van der Waals surface area contributed by atoms with Gasteiger partial charge in [0.2, 0.25) is 5.91 Å². The summed E-state index contributed by atoms with van der Waals surface area (Å²) in [5, 5.41) is 6.76. The van der Waals surface area contributed by atoms with E-state index in [4.69, 9.17) is 0 Å². The predicted molar refractivity (Wildman–Crippen MR) is 135 cm³/mol. The lowest BCUT2D eigenvalue weighted by atomic mass is 10.2. The highest BCUT2D eigenvalue weighted by Gasteiger charge is 2.23. The minimum Gasteiger partial charge on any atom is -0.351 e. The topological polar surface area (TPSA) is 64.1 Å². The maximum atomic E-state index is 12.6. The Bertz CT molecular complexity index is 679. The van der Waals surface area contributed by atoms with E-state index in [0.717, 1.165) is 63.8 Å². The van der Waals surface area contributed by atoms with Crippen molar-refractivity contribution in [3.8, 4) is 0 Å². The molecule has 0 saturated carbocycles. The molecule has 9 heteroatoms. The van der Waals surface area contributed by atoms with Crippen molar-refractivity contribution in [2.45, 2.75) is 52.0 Å². The molecule has 1 aromatic rings. The molecule has 0 aromatic carbocycles. The summed E-state index contributed by atoms with van der Waals surface area (Å²) in [5.74, 6) is 1.69. The number of halogens is 1. The van der Waals surface area contributed by atoms with Crippen LogP contribution < -0.4 is 5.32 Å². The molecule has 2 fully saturated rings. The zero-order chi connectivity index (χ0) is 20.6. The van der Waals surface area contributed by atoms with E-state index < -0.39 is 0 Å². The first kappa shape index (κ1) is 25.3. The van der Waals surface area contributed by atoms with Gasteiger partial charge in [0.25, 0.3) is 0 Å². The average molecular weight is 549 g/mol. The second kappa shape index (κ2) is 12.8. The van der Waals surface area contributed by atoms with E-state index in [9.17, 15) is 4.79 Å². The van der Waals surface area contributed by atoms with Crippen LogP contribution in [-0.4, -0.2) is 84.4 Å². The van der Waals surface area contributed by atoms with Crippen LogP contribution in [0.3, 0.4) is 0 Å². The highest BCUT2D eigenvalue weighted by molar-refractivity contribution is 14.0. The Morgan fingerprint density at radius 3 is 2.33 bits per heavy atom. The molecule has 7 nitrogen and oxygen atoms in total. The van der Waals surface area contributed by atoms with Crippen LogP contribution in [0.4, 0.5) is 0 Å². The molecule has 1 aromatic heterocycles. The van der Waals surface area contributed by atoms with Crippen molar-refractivity contribution in [1.29, 1.82) is 0 Å². The van der Waals surface area contributed by atoms with Crippen molar-refractivity contribution >= 4 is 47.2 Å². The third-order valence-corrected chi connectivity index (χ3v) is 6.89. The molecule has 30 heavy (non-hydrogen) atoms. The highest BCUT2D eigenvalue weighted by atomic mass is 127. The molecular weight excluding hydrogens is 511 g/mol. The van der Waals surface area contributed by atoms with E-state index in [1.54, 1.807) is 11.3 Å². The molecule has 2 saturated heterocycles. The molecule has 3 heterocycles. The van der Waals surface area contributed by atoms with Gasteiger partial charge in [-0.2, -0.15) is 0 Å². The third kappa shape index (κ3) is 7.33. The number of rotatable bonds is 5. The van der Waals surface area contributed by atoms with Crippen molar-refractivity contribution in [2.75, 3.05) is 52.9 Å². The van der Waals surface area contributed by atoms with E-state index in [1.165, 1.54) is 17.8 Å². The molecule has 2 aliphatic heterocycles. The van der Waals surface area contributed by atoms with Crippen LogP contribution in [0, 0.1) is 0 Å². The van der Waals surface area contributed by atoms with E-state index in [-0.39, 0.29) is 24.0 Å². The van der Waals surface area contributed by atoms with Crippen LogP contribution in [0.5, 0.6) is 0 Å². The first-order valence-corrected chi connectivity index (χ1v) is 11.8. The van der Waals surface area contributed by atoms with Gasteiger partial charge in [0.15, 0.2) is 5.96 Å². The summed E-state index contributed by atoms with van der Waals surface area (Å²) in [7, 11) is 1.83. The largest absolute Gasteiger partial charge is 0.351 e. The Kier molecular flexibility index (Phi) is 10.8. The van der Waals surface area contributed by atoms with Gasteiger partial charge < -0.3 is 15.1 Å². The molecule has 2 aliphatic rings. The Hall–Kier alpha value is -0.940. The molecule has 0 bridgehead atoms. The highest BCUT2D eigenvalue weighted by Crippen LogP contribution is 2.19. The molecule has 0 aliphatic carbocycles. The fourth-order valence-corrected chi connectivity index (χ4v) is 4.74. The zero-order valence-electron chi connectivity index (χ0n) is 18.6. The van der Waals surface area contributed by atoms with Crippen molar-refractivity contribution in [1.82, 2.24) is 25.0 Å². The number of aromatic nitrogens is 1. The number of thiazole rings is 1. The van der Waals surface area contributed by atoms with Gasteiger partial charge in [-0.15, -0.1) is 35.3 Å². The smallest absolute Gasteiger partial charge is 0.236 e. The summed E-state index contributed by atoms with van der Waals surface area (Å²) in [6.07, 6.45) is 4.82. The molecule has 170 valence electrons. The average Bonchev–Trinajstić information content (AvgIpc) is 3.03. The fraction of sp³-hybridized carbons (Fsp3) is 0.762. The van der Waals surface area contributed by atoms with Gasteiger partial charge in [0.1, 0.15) is 0 Å². The Balaban J connectivity index is 0.00000320. The summed E-state index contributed by atoms with van der Waals surface area (Å²) >= 11 is 1.72. The molecule has 0 unspecified atom stereocenters. The Morgan fingerprint density at radius 2 is 1.77 bits per heavy atom. The molecule has 0 atom stereocenters. The summed E-state index contributed by atoms with van der Waals surface area (Å²) in [4.78, 5) is 28.4. The standard InChI is InChI=1S/C21H36N6OS.HI/c1-17(2)20-24-18(16-29-20)14-23-21(22-3)27-12-10-25(11-13-27)15-19(28)26-8-6-4-5-7-9-26;/h16-17H,4-15H2,1-3H3,(H,22,23);1H. The van der Waals surface area contributed by atoms with E-state index in [0.29, 0.717) is 24.9 Å². The minimum absolute atomic E-state index is 0. The molecular formula is C21H37IN6OS. The monoisotopic (exact) mass is 548 g/mol. The number of nitrogens with zero attached hydrogens (tertiary/aromatic N) is 5. The molecule has 0 radical (unpaired) electrons. The molecule has 1 amide bonds. The number of likely N-dealkylation sites (tertiary alicyclic amines) is 1. The number of nitrogens with one attached hydrogen (secondary N) is 1. The lowest BCUT2D eigenvalue weighted by Gasteiger charge is -2.36. The van der Waals surface area contributed by atoms with Crippen molar-refractivity contribution in [3.63, 3.8) is 0 Å². The van der Waals surface area contributed by atoms with Crippen molar-refractivity contribution < 1.29 is 4.79 Å². The number of carbonyl (C=O) groups is 1. The number of amides is 1. The van der Waals surface area contributed by atoms with Crippen LogP contribution in [0.15, 0.2) is 10.4 Å². The maximum absolute atomic E-state index is 12.6. The van der Waals surface area contributed by atoms with Gasteiger partial charge in [-0.05, 0) is 12.8 Å². The summed E-state index contributed by atoms with van der Waals surface area (Å²) < 4.78 is 0. The van der Waals surface area contributed by atoms with Crippen LogP contribution >= 0.6 is 35.3 Å². The fourth-order valence-electron chi connectivity index (χ4n) is 3.90. The number of carbonyl (C=O) groups excluding carboxylic acids is 1. The molecule has 1 N–H and O–H groups in total. The second-order valence-corrected chi connectivity index (χ2v) is 9.18. The van der Waals surface area contributed by atoms with Gasteiger partial charge in [-0.25, -0.2) is 4.98 Å². The van der Waals surface area contributed by atoms with Crippen molar-refractivity contribution in [3.05, 3.63) is 16.1 Å². The van der Waals surface area contributed by atoms with Gasteiger partial charge in [0, 0.05) is 57.6 Å². The van der Waals surface area contributed by atoms with Crippen LogP contribution in [0.2, 0.25) is 0 Å². The summed E-state index contributed by atoms with van der Waals surface area (Å²) in [5.41, 5.74) is 1.07. The third-order valence-electron chi connectivity index (χ3n) is 5.69. The number of piperazine rings is 1. The number of guanidine groups is 1. The van der Waals surface area contributed by atoms with E-state index >= 15 is 0 Å². The van der Waals surface area contributed by atoms with E-state index in [2.05, 4.69) is 49.2 Å². The first-order chi connectivity index (χ1) is 14.1. The molecule has 3 rings (SSSR count). The van der Waals surface area contributed by atoms with Gasteiger partial charge >= 0.3 is 0 Å². The predicted octanol–water partition coefficient (Wildman–Crippen LogP) is 2.98. The molecule has 0 spiro atoms. The Morgan fingerprint density at radius 1 is 1.10 bits per heavy atom. The number of hydrogen-bond acceptors (Lipinski definition) is 5. The lowest BCUT2D eigenvalue weighted by molar-refractivity contribution is -0.132. The number of aliphatic imine (C=N–C) groups is 1. The SMILES string of the molecule is CN=C(NCc1csc(C(C)C)n1)N1CCN(CC(=O)N2CCCCCC2)CC1.I. The maximum Gasteiger partial charge on any atom is 0.236 e. The van der Waals surface area contributed by atoms with Crippen LogP contribution in [0.1, 0.15) is 56.2 Å². The summed E-state index contributed by atoms with van der Waals surface area (Å²) in [6.45, 7) is 11.0. The van der Waals surface area contributed by atoms with Crippen LogP contribution in [0.25, 0.3) is 0 Å². The van der Waals surface area contributed by atoms with Crippen LogP contribution in [-0.2, 0) is 11.3 Å². The zero-order valence-corrected chi connectivity index (χ0v) is 21.7. The lowest BCUT2D eigenvalue weighted by Crippen LogP contribution is -2.54. The first-order valence-electron chi connectivity index (χ1n) is 11.0. The summed E-state index contributed by atoms with van der Waals surface area (Å²) in [6, 6.07) is 0. The van der Waals surface area contributed by atoms with Gasteiger partial charge in [-0.3, -0.25) is 14.7 Å². The van der Waals surface area contributed by atoms with Gasteiger partial charge in [-0.1, -0.05) is 26.7 Å². The number of hydrogen-bond donors (Lipinski definition) is 1. The van der Waals surface area contributed by atoms with Gasteiger partial charge in [0.05, 0.1) is 23.8 Å². The van der Waals surface area contributed by atoms with E-state index in [1.807, 2.05) is 7.05 Å². The Labute approximate surface area is 202 Å². The minimum atomic E-state index is 0. The van der Waals surface area contributed by atoms with Crippen molar-refractivity contribution in [2.24, 2.45) is 4.99 Å². The second-order valence-electron chi connectivity index (χ2n) is 8.29. The quantitative estimate of drug-likeness (QED) is 0.349.